The van der Waals surface area contributed by atoms with Crippen LogP contribution in [0.5, 0.6) is 0 Å². The molecule has 7 heteroatoms. The second-order valence-electron chi connectivity index (χ2n) is 5.11. The maximum absolute atomic E-state index is 6.29. The molecular weight excluding hydrogens is 278 g/mol. The zero-order valence-corrected chi connectivity index (χ0v) is 13.5. The zero-order valence-electron chi connectivity index (χ0n) is 12.8. The van der Waals surface area contributed by atoms with E-state index in [1.54, 1.807) is 13.3 Å². The number of aromatic nitrogens is 2. The summed E-state index contributed by atoms with van der Waals surface area (Å²) in [5.41, 5.74) is 3.71. The maximum atomic E-state index is 6.29. The topological polar surface area (TPSA) is 68.3 Å². The van der Waals surface area contributed by atoms with Gasteiger partial charge >= 0.3 is 0 Å². The van der Waals surface area contributed by atoms with Gasteiger partial charge in [-0.1, -0.05) is 24.9 Å². The molecule has 1 rings (SSSR count). The highest BCUT2D eigenvalue weighted by atomic mass is 35.5. The lowest BCUT2D eigenvalue weighted by Crippen LogP contribution is -2.39. The number of ether oxygens (including phenoxy) is 1. The van der Waals surface area contributed by atoms with Crippen molar-refractivity contribution in [3.63, 3.8) is 0 Å². The largest absolute Gasteiger partial charge is 0.379 e. The van der Waals surface area contributed by atoms with Gasteiger partial charge in [0.05, 0.1) is 35.6 Å². The van der Waals surface area contributed by atoms with Crippen LogP contribution in [-0.4, -0.2) is 48.5 Å². The van der Waals surface area contributed by atoms with E-state index in [0.29, 0.717) is 5.02 Å². The Hall–Kier alpha value is -0.660. The lowest BCUT2D eigenvalue weighted by molar-refractivity contribution is 0.0577. The minimum atomic E-state index is -0.169. The molecule has 2 unspecified atom stereocenters. The quantitative estimate of drug-likeness (QED) is 0.533. The Morgan fingerprint density at radius 1 is 1.55 bits per heavy atom. The molecular formula is C13H26ClN5O. The number of hydrogen-bond donors (Lipinski definition) is 2. The summed E-state index contributed by atoms with van der Waals surface area (Å²) in [5, 5.41) is 4.96. The van der Waals surface area contributed by atoms with Crippen LogP contribution in [0.2, 0.25) is 5.02 Å². The first kappa shape index (κ1) is 17.4. The Kier molecular flexibility index (Phi) is 7.47. The van der Waals surface area contributed by atoms with Gasteiger partial charge in [-0.25, -0.2) is 5.43 Å². The van der Waals surface area contributed by atoms with Gasteiger partial charge in [0, 0.05) is 13.7 Å². The number of hydrogen-bond acceptors (Lipinski definition) is 5. The molecule has 0 saturated heterocycles. The predicted octanol–water partition coefficient (Wildman–Crippen LogP) is 1.42. The van der Waals surface area contributed by atoms with Crippen LogP contribution in [0, 0.1) is 0 Å². The third-order valence-electron chi connectivity index (χ3n) is 3.31. The van der Waals surface area contributed by atoms with Gasteiger partial charge in [-0.15, -0.1) is 0 Å². The predicted molar refractivity (Wildman–Crippen MR) is 81.6 cm³/mol. The first-order valence-electron chi connectivity index (χ1n) is 6.90. The van der Waals surface area contributed by atoms with E-state index >= 15 is 0 Å². The molecule has 0 aliphatic carbocycles. The minimum absolute atomic E-state index is 0.0303. The highest BCUT2D eigenvalue weighted by Crippen LogP contribution is 2.28. The highest BCUT2D eigenvalue weighted by molar-refractivity contribution is 6.31. The van der Waals surface area contributed by atoms with Gasteiger partial charge in [-0.3, -0.25) is 10.5 Å². The first-order valence-corrected chi connectivity index (χ1v) is 7.27. The average molecular weight is 304 g/mol. The van der Waals surface area contributed by atoms with Crippen molar-refractivity contribution in [2.75, 3.05) is 27.7 Å². The normalized spacial score (nSPS) is 14.8. The zero-order chi connectivity index (χ0) is 15.1. The van der Waals surface area contributed by atoms with Crippen LogP contribution in [0.4, 0.5) is 0 Å². The molecule has 0 fully saturated rings. The summed E-state index contributed by atoms with van der Waals surface area (Å²) in [7, 11) is 5.75. The summed E-state index contributed by atoms with van der Waals surface area (Å²) in [6, 6.07) is -0.169. The molecule has 0 aliphatic heterocycles. The van der Waals surface area contributed by atoms with E-state index in [0.717, 1.165) is 31.6 Å². The second kappa shape index (κ2) is 8.59. The number of nitrogens with zero attached hydrogens (tertiary/aromatic N) is 3. The number of nitrogens with one attached hydrogen (secondary N) is 1. The Balaban J connectivity index is 2.98. The molecule has 0 spiro atoms. The molecule has 0 aliphatic rings. The summed E-state index contributed by atoms with van der Waals surface area (Å²) < 4.78 is 7.45. The lowest BCUT2D eigenvalue weighted by Gasteiger charge is -2.26. The molecule has 0 aromatic carbocycles. The fraction of sp³-hybridized carbons (Fsp3) is 0.769. The number of nitrogens with two attached hydrogens (primary N) is 1. The summed E-state index contributed by atoms with van der Waals surface area (Å²) in [4.78, 5) is 2.10. The summed E-state index contributed by atoms with van der Waals surface area (Å²) >= 11 is 6.29. The van der Waals surface area contributed by atoms with Crippen LogP contribution in [0.3, 0.4) is 0 Å². The van der Waals surface area contributed by atoms with Crippen molar-refractivity contribution in [2.24, 2.45) is 5.84 Å². The fourth-order valence-corrected chi connectivity index (χ4v) is 2.48. The molecule has 2 atom stereocenters. The van der Waals surface area contributed by atoms with Crippen molar-refractivity contribution in [1.82, 2.24) is 20.1 Å². The molecule has 1 aromatic rings. The lowest BCUT2D eigenvalue weighted by atomic mass is 10.0. The highest BCUT2D eigenvalue weighted by Gasteiger charge is 2.27. The molecule has 0 amide bonds. The molecule has 0 saturated carbocycles. The second-order valence-corrected chi connectivity index (χ2v) is 5.52. The first-order chi connectivity index (χ1) is 9.54. The van der Waals surface area contributed by atoms with Gasteiger partial charge in [0.15, 0.2) is 0 Å². The van der Waals surface area contributed by atoms with Gasteiger partial charge in [-0.05, 0) is 20.5 Å². The van der Waals surface area contributed by atoms with Crippen molar-refractivity contribution in [3.8, 4) is 0 Å². The van der Waals surface area contributed by atoms with Crippen molar-refractivity contribution in [2.45, 2.75) is 38.5 Å². The number of likely N-dealkylation sites (N-methyl/N-ethyl adjacent to an activating group) is 1. The molecule has 1 aromatic heterocycles. The SMILES string of the molecule is CCCC(OC)C(NN)c1c(Cl)cnn1CCN(C)C. The van der Waals surface area contributed by atoms with Gasteiger partial charge < -0.3 is 9.64 Å². The van der Waals surface area contributed by atoms with Crippen molar-refractivity contribution >= 4 is 11.6 Å². The fourth-order valence-electron chi connectivity index (χ4n) is 2.22. The third-order valence-corrected chi connectivity index (χ3v) is 3.61. The monoisotopic (exact) mass is 303 g/mol. The van der Waals surface area contributed by atoms with E-state index in [1.807, 2.05) is 18.8 Å². The Morgan fingerprint density at radius 2 is 2.25 bits per heavy atom. The van der Waals surface area contributed by atoms with E-state index in [9.17, 15) is 0 Å². The molecule has 0 radical (unpaired) electrons. The summed E-state index contributed by atoms with van der Waals surface area (Å²) in [6.45, 7) is 3.76. The van der Waals surface area contributed by atoms with Crippen LogP contribution in [0.1, 0.15) is 31.5 Å². The maximum Gasteiger partial charge on any atom is 0.0905 e. The van der Waals surface area contributed by atoms with Crippen LogP contribution < -0.4 is 11.3 Å². The third kappa shape index (κ3) is 4.43. The van der Waals surface area contributed by atoms with Gasteiger partial charge in [-0.2, -0.15) is 5.10 Å². The number of halogens is 1. The van der Waals surface area contributed by atoms with Gasteiger partial charge in [0.1, 0.15) is 0 Å². The summed E-state index contributed by atoms with van der Waals surface area (Å²) in [5.74, 6) is 5.72. The Bertz CT molecular complexity index is 396. The van der Waals surface area contributed by atoms with Crippen molar-refractivity contribution in [3.05, 3.63) is 16.9 Å². The van der Waals surface area contributed by atoms with E-state index in [4.69, 9.17) is 22.2 Å². The molecule has 20 heavy (non-hydrogen) atoms. The van der Waals surface area contributed by atoms with E-state index in [2.05, 4.69) is 22.3 Å². The molecule has 116 valence electrons. The minimum Gasteiger partial charge on any atom is -0.379 e. The van der Waals surface area contributed by atoms with Crippen LogP contribution >= 0.6 is 11.6 Å². The molecule has 3 N–H and O–H groups in total. The summed E-state index contributed by atoms with van der Waals surface area (Å²) in [6.07, 6.45) is 3.55. The van der Waals surface area contributed by atoms with E-state index < -0.39 is 0 Å². The average Bonchev–Trinajstić information content (AvgIpc) is 2.78. The van der Waals surface area contributed by atoms with E-state index in [1.165, 1.54) is 0 Å². The van der Waals surface area contributed by atoms with Crippen LogP contribution in [0.25, 0.3) is 0 Å². The number of rotatable bonds is 9. The van der Waals surface area contributed by atoms with Gasteiger partial charge in [0.2, 0.25) is 0 Å². The van der Waals surface area contributed by atoms with Gasteiger partial charge in [0.25, 0.3) is 0 Å². The van der Waals surface area contributed by atoms with E-state index in [-0.39, 0.29) is 12.1 Å². The van der Waals surface area contributed by atoms with Crippen molar-refractivity contribution in [1.29, 1.82) is 0 Å². The standard InChI is InChI=1S/C13H26ClN5O/c1-5-6-11(20-4)12(17-15)13-10(14)9-16-19(13)8-7-18(2)3/h9,11-12,17H,5-8,15H2,1-4H3. The smallest absolute Gasteiger partial charge is 0.0905 e. The van der Waals surface area contributed by atoms with Crippen molar-refractivity contribution < 1.29 is 4.74 Å². The Morgan fingerprint density at radius 3 is 2.75 bits per heavy atom. The Labute approximate surface area is 126 Å². The number of hydrazine groups is 1. The van der Waals surface area contributed by atoms with Crippen LogP contribution in [-0.2, 0) is 11.3 Å². The molecule has 6 nitrogen and oxygen atoms in total. The molecule has 0 bridgehead atoms. The molecule has 1 heterocycles. The van der Waals surface area contributed by atoms with Crippen LogP contribution in [0.15, 0.2) is 6.20 Å². The number of methoxy groups -OCH3 is 1.